The Morgan fingerprint density at radius 2 is 1.47 bits per heavy atom. The van der Waals surface area contributed by atoms with Gasteiger partial charge in [-0.1, -0.05) is 60.7 Å². The first-order valence-electron chi connectivity index (χ1n) is 9.84. The van der Waals surface area contributed by atoms with Crippen molar-refractivity contribution in [3.8, 4) is 0 Å². The van der Waals surface area contributed by atoms with Crippen LogP contribution in [0.25, 0.3) is 0 Å². The molecule has 0 aliphatic heterocycles. The normalized spacial score (nSPS) is 11.7. The third kappa shape index (κ3) is 7.50. The van der Waals surface area contributed by atoms with E-state index < -0.39 is 18.4 Å². The van der Waals surface area contributed by atoms with E-state index in [0.717, 1.165) is 11.1 Å². The third-order valence-corrected chi connectivity index (χ3v) is 4.78. The van der Waals surface area contributed by atoms with Crippen LogP contribution in [-0.2, 0) is 31.8 Å². The highest BCUT2D eigenvalue weighted by Crippen LogP contribution is 2.10. The summed E-state index contributed by atoms with van der Waals surface area (Å²) in [4.78, 5) is 27.0. The summed E-state index contributed by atoms with van der Waals surface area (Å²) < 4.78 is 15.3. The van der Waals surface area contributed by atoms with Crippen LogP contribution < -0.4 is 5.32 Å². The third-order valence-electron chi connectivity index (χ3n) is 4.78. The zero-order valence-electron chi connectivity index (χ0n) is 17.7. The van der Waals surface area contributed by atoms with Crippen LogP contribution in [0, 0.1) is 0 Å². The number of hydrogen-bond donors (Lipinski definition) is 1. The maximum Gasteiger partial charge on any atom is 0.407 e. The van der Waals surface area contributed by atoms with E-state index in [1.54, 1.807) is 4.90 Å². The molecule has 2 amide bonds. The van der Waals surface area contributed by atoms with Gasteiger partial charge in [-0.05, 0) is 17.5 Å². The van der Waals surface area contributed by atoms with E-state index in [0.29, 0.717) is 19.4 Å². The number of benzene rings is 2. The maximum atomic E-state index is 13.4. The minimum Gasteiger partial charge on any atom is -0.453 e. The highest BCUT2D eigenvalue weighted by Gasteiger charge is 2.28. The average Bonchev–Trinajstić information content (AvgIpc) is 2.79. The zero-order valence-corrected chi connectivity index (χ0v) is 17.7. The lowest BCUT2D eigenvalue weighted by Crippen LogP contribution is -2.52. The molecule has 0 spiro atoms. The van der Waals surface area contributed by atoms with E-state index in [1.165, 1.54) is 21.3 Å². The van der Waals surface area contributed by atoms with E-state index in [9.17, 15) is 9.59 Å². The molecule has 7 nitrogen and oxygen atoms in total. The quantitative estimate of drug-likeness (QED) is 0.572. The molecule has 7 heteroatoms. The number of alkyl carbamates (subject to hydrolysis) is 1. The van der Waals surface area contributed by atoms with Crippen molar-refractivity contribution in [1.82, 2.24) is 10.2 Å². The van der Waals surface area contributed by atoms with Crippen molar-refractivity contribution in [1.29, 1.82) is 0 Å². The molecule has 2 aromatic carbocycles. The highest BCUT2D eigenvalue weighted by molar-refractivity contribution is 5.86. The zero-order chi connectivity index (χ0) is 21.8. The van der Waals surface area contributed by atoms with E-state index in [4.69, 9.17) is 14.2 Å². The number of nitrogens with one attached hydrogen (secondary N) is 1. The minimum atomic E-state index is -0.773. The van der Waals surface area contributed by atoms with Crippen molar-refractivity contribution < 1.29 is 23.8 Å². The van der Waals surface area contributed by atoms with Gasteiger partial charge in [0.05, 0.1) is 13.7 Å². The Hall–Kier alpha value is -2.90. The number of methoxy groups -OCH3 is 3. The molecule has 0 aliphatic rings. The Morgan fingerprint density at radius 1 is 0.900 bits per heavy atom. The molecule has 0 heterocycles. The summed E-state index contributed by atoms with van der Waals surface area (Å²) in [6.07, 6.45) is -0.202. The first kappa shape index (κ1) is 23.4. The van der Waals surface area contributed by atoms with Crippen molar-refractivity contribution in [3.05, 3.63) is 71.8 Å². The van der Waals surface area contributed by atoms with E-state index >= 15 is 0 Å². The Labute approximate surface area is 177 Å². The van der Waals surface area contributed by atoms with Crippen LogP contribution in [0.15, 0.2) is 60.7 Å². The molecule has 1 atom stereocenters. The second kappa shape index (κ2) is 12.6. The molecule has 0 saturated heterocycles. The summed E-state index contributed by atoms with van der Waals surface area (Å²) in [6, 6.07) is 18.7. The monoisotopic (exact) mass is 414 g/mol. The van der Waals surface area contributed by atoms with Crippen LogP contribution in [0.5, 0.6) is 0 Å². The van der Waals surface area contributed by atoms with Gasteiger partial charge in [-0.3, -0.25) is 4.79 Å². The second-order valence-corrected chi connectivity index (χ2v) is 6.80. The second-order valence-electron chi connectivity index (χ2n) is 6.80. The number of carbonyl (C=O) groups excluding carboxylic acids is 2. The van der Waals surface area contributed by atoms with Crippen LogP contribution in [0.1, 0.15) is 11.1 Å². The molecule has 0 saturated carbocycles. The van der Waals surface area contributed by atoms with Crippen LogP contribution in [-0.4, -0.2) is 63.7 Å². The summed E-state index contributed by atoms with van der Waals surface area (Å²) in [5.74, 6) is -0.223. The number of amides is 2. The molecular weight excluding hydrogens is 384 g/mol. The highest BCUT2D eigenvalue weighted by atomic mass is 16.7. The molecule has 0 aromatic heterocycles. The Morgan fingerprint density at radius 3 is 2.00 bits per heavy atom. The average molecular weight is 415 g/mol. The molecule has 1 unspecified atom stereocenters. The predicted octanol–water partition coefficient (Wildman–Crippen LogP) is 2.64. The number of rotatable bonds is 11. The van der Waals surface area contributed by atoms with Crippen molar-refractivity contribution in [2.45, 2.75) is 25.2 Å². The van der Waals surface area contributed by atoms with Crippen LogP contribution >= 0.6 is 0 Å². The summed E-state index contributed by atoms with van der Waals surface area (Å²) in [5, 5.41) is 2.67. The van der Waals surface area contributed by atoms with Crippen molar-refractivity contribution >= 4 is 12.0 Å². The smallest absolute Gasteiger partial charge is 0.407 e. The van der Waals surface area contributed by atoms with Gasteiger partial charge in [-0.2, -0.15) is 0 Å². The molecule has 0 aliphatic carbocycles. The number of nitrogens with zero attached hydrogens (tertiary/aromatic N) is 1. The molecule has 2 aromatic rings. The van der Waals surface area contributed by atoms with Gasteiger partial charge in [-0.25, -0.2) is 4.79 Å². The lowest BCUT2D eigenvalue weighted by atomic mass is 10.0. The maximum absolute atomic E-state index is 13.4. The molecular formula is C23H30N2O5. The predicted molar refractivity (Wildman–Crippen MR) is 114 cm³/mol. The SMILES string of the molecule is COC(=O)NC(Cc1ccccc1)C(=O)N(CCc1ccccc1)CC(OC)OC. The summed E-state index contributed by atoms with van der Waals surface area (Å²) >= 11 is 0. The minimum absolute atomic E-state index is 0.223. The van der Waals surface area contributed by atoms with E-state index in [2.05, 4.69) is 5.32 Å². The molecule has 2 rings (SSSR count). The van der Waals surface area contributed by atoms with Gasteiger partial charge in [0.1, 0.15) is 6.04 Å². The molecule has 162 valence electrons. The summed E-state index contributed by atoms with van der Waals surface area (Å²) in [6.45, 7) is 0.701. The first-order chi connectivity index (χ1) is 14.6. The Bertz CT molecular complexity index is 766. The Kier molecular flexibility index (Phi) is 9.83. The number of carbonyl (C=O) groups is 2. The molecule has 0 radical (unpaired) electrons. The fourth-order valence-electron chi connectivity index (χ4n) is 3.10. The lowest BCUT2D eigenvalue weighted by Gasteiger charge is -2.30. The number of ether oxygens (including phenoxy) is 3. The van der Waals surface area contributed by atoms with Gasteiger partial charge in [0, 0.05) is 27.2 Å². The molecule has 0 bridgehead atoms. The van der Waals surface area contributed by atoms with Crippen molar-refractivity contribution in [2.75, 3.05) is 34.4 Å². The fraction of sp³-hybridized carbons (Fsp3) is 0.391. The van der Waals surface area contributed by atoms with Gasteiger partial charge < -0.3 is 24.4 Å². The molecule has 0 fully saturated rings. The van der Waals surface area contributed by atoms with Crippen molar-refractivity contribution in [3.63, 3.8) is 0 Å². The van der Waals surface area contributed by atoms with Gasteiger partial charge >= 0.3 is 6.09 Å². The lowest BCUT2D eigenvalue weighted by molar-refractivity contribution is -0.147. The van der Waals surface area contributed by atoms with Crippen LogP contribution in [0.2, 0.25) is 0 Å². The van der Waals surface area contributed by atoms with Gasteiger partial charge in [-0.15, -0.1) is 0 Å². The first-order valence-corrected chi connectivity index (χ1v) is 9.84. The summed E-state index contributed by atoms with van der Waals surface area (Å²) in [5.41, 5.74) is 2.05. The molecule has 30 heavy (non-hydrogen) atoms. The van der Waals surface area contributed by atoms with E-state index in [1.807, 2.05) is 60.7 Å². The molecule has 1 N–H and O–H groups in total. The largest absolute Gasteiger partial charge is 0.453 e. The summed E-state index contributed by atoms with van der Waals surface area (Å²) in [7, 11) is 4.34. The van der Waals surface area contributed by atoms with Crippen molar-refractivity contribution in [2.24, 2.45) is 0 Å². The van der Waals surface area contributed by atoms with Crippen LogP contribution in [0.3, 0.4) is 0 Å². The van der Waals surface area contributed by atoms with Crippen LogP contribution in [0.4, 0.5) is 4.79 Å². The Balaban J connectivity index is 2.20. The van der Waals surface area contributed by atoms with Gasteiger partial charge in [0.25, 0.3) is 0 Å². The standard InChI is InChI=1S/C23H30N2O5/c1-28-21(29-2)17-25(15-14-18-10-6-4-7-11-18)22(26)20(24-23(27)30-3)16-19-12-8-5-9-13-19/h4-13,20-21H,14-17H2,1-3H3,(H,24,27). The van der Waals surface area contributed by atoms with Gasteiger partial charge in [0.2, 0.25) is 5.91 Å². The topological polar surface area (TPSA) is 77.1 Å². The van der Waals surface area contributed by atoms with Gasteiger partial charge in [0.15, 0.2) is 6.29 Å². The fourth-order valence-corrected chi connectivity index (χ4v) is 3.10. The number of hydrogen-bond acceptors (Lipinski definition) is 5. The van der Waals surface area contributed by atoms with E-state index in [-0.39, 0.29) is 12.5 Å².